The molecule has 1 aliphatic rings. The first-order valence-corrected chi connectivity index (χ1v) is 10.8. The molecule has 2 aromatic carbocycles. The molecular formula is C24H25ClN4O2. The van der Waals surface area contributed by atoms with Crippen LogP contribution in [0.4, 0.5) is 0 Å². The van der Waals surface area contributed by atoms with Crippen molar-refractivity contribution in [2.75, 3.05) is 13.1 Å². The summed E-state index contributed by atoms with van der Waals surface area (Å²) in [7, 11) is 0. The predicted molar refractivity (Wildman–Crippen MR) is 120 cm³/mol. The molecule has 6 nitrogen and oxygen atoms in total. The van der Waals surface area contributed by atoms with Gasteiger partial charge in [0.05, 0.1) is 17.8 Å². The molecule has 4 rings (SSSR count). The Bertz CT molecular complexity index is 1060. The third kappa shape index (κ3) is 5.14. The van der Waals surface area contributed by atoms with Crippen LogP contribution in [0, 0.1) is 12.8 Å². The van der Waals surface area contributed by atoms with Gasteiger partial charge in [-0.25, -0.2) is 4.68 Å². The molecule has 3 aromatic rings. The number of hydrogen-bond donors (Lipinski definition) is 1. The molecular weight excluding hydrogens is 412 g/mol. The minimum absolute atomic E-state index is 0.0123. The molecule has 1 saturated heterocycles. The number of aromatic nitrogens is 2. The van der Waals surface area contributed by atoms with Gasteiger partial charge in [-0.15, -0.1) is 0 Å². The monoisotopic (exact) mass is 436 g/mol. The summed E-state index contributed by atoms with van der Waals surface area (Å²) in [6.07, 6.45) is 5.23. The molecule has 1 N–H and O–H groups in total. The highest BCUT2D eigenvalue weighted by molar-refractivity contribution is 6.30. The van der Waals surface area contributed by atoms with Crippen LogP contribution in [0.25, 0.3) is 5.69 Å². The quantitative estimate of drug-likeness (QED) is 0.657. The molecule has 160 valence electrons. The fourth-order valence-electron chi connectivity index (χ4n) is 3.77. The maximum Gasteiger partial charge on any atom is 0.253 e. The smallest absolute Gasteiger partial charge is 0.253 e. The molecule has 0 bridgehead atoms. The van der Waals surface area contributed by atoms with Gasteiger partial charge in [0.1, 0.15) is 0 Å². The molecule has 0 saturated carbocycles. The Morgan fingerprint density at radius 3 is 2.61 bits per heavy atom. The zero-order chi connectivity index (χ0) is 21.8. The molecule has 1 aliphatic heterocycles. The van der Waals surface area contributed by atoms with Crippen molar-refractivity contribution in [2.24, 2.45) is 5.92 Å². The van der Waals surface area contributed by atoms with Gasteiger partial charge in [0.2, 0.25) is 5.91 Å². The van der Waals surface area contributed by atoms with Gasteiger partial charge in [-0.1, -0.05) is 29.3 Å². The number of benzene rings is 2. The van der Waals surface area contributed by atoms with Crippen molar-refractivity contribution in [3.8, 4) is 5.69 Å². The fraction of sp³-hybridized carbons (Fsp3) is 0.292. The molecule has 31 heavy (non-hydrogen) atoms. The highest BCUT2D eigenvalue weighted by atomic mass is 35.5. The third-order valence-corrected chi connectivity index (χ3v) is 5.82. The highest BCUT2D eigenvalue weighted by Crippen LogP contribution is 2.20. The summed E-state index contributed by atoms with van der Waals surface area (Å²) < 4.78 is 1.75. The summed E-state index contributed by atoms with van der Waals surface area (Å²) in [4.78, 5) is 27.3. The Morgan fingerprint density at radius 2 is 1.87 bits per heavy atom. The van der Waals surface area contributed by atoms with Crippen molar-refractivity contribution in [2.45, 2.75) is 26.3 Å². The van der Waals surface area contributed by atoms with Gasteiger partial charge in [0.25, 0.3) is 5.91 Å². The van der Waals surface area contributed by atoms with Gasteiger partial charge >= 0.3 is 0 Å². The normalized spacial score (nSPS) is 16.2. The average Bonchev–Trinajstić information content (AvgIpc) is 3.27. The van der Waals surface area contributed by atoms with E-state index in [2.05, 4.69) is 10.4 Å². The van der Waals surface area contributed by atoms with Crippen molar-refractivity contribution >= 4 is 23.4 Å². The van der Waals surface area contributed by atoms with Crippen LogP contribution in [0.3, 0.4) is 0 Å². The van der Waals surface area contributed by atoms with Crippen LogP contribution < -0.4 is 5.32 Å². The van der Waals surface area contributed by atoms with Gasteiger partial charge in [-0.2, -0.15) is 5.10 Å². The predicted octanol–water partition coefficient (Wildman–Crippen LogP) is 4.00. The van der Waals surface area contributed by atoms with Crippen molar-refractivity contribution < 1.29 is 9.59 Å². The Morgan fingerprint density at radius 1 is 1.13 bits per heavy atom. The van der Waals surface area contributed by atoms with E-state index in [9.17, 15) is 9.59 Å². The lowest BCUT2D eigenvalue weighted by Gasteiger charge is -2.32. The molecule has 2 heterocycles. The van der Waals surface area contributed by atoms with E-state index in [1.165, 1.54) is 0 Å². The number of hydrogen-bond acceptors (Lipinski definition) is 3. The Hall–Kier alpha value is -3.12. The number of nitrogens with zero attached hydrogens (tertiary/aromatic N) is 3. The van der Waals surface area contributed by atoms with Crippen molar-refractivity contribution in [1.29, 1.82) is 0 Å². The first-order chi connectivity index (χ1) is 15.0. The van der Waals surface area contributed by atoms with Gasteiger partial charge in [0.15, 0.2) is 0 Å². The molecule has 0 spiro atoms. The van der Waals surface area contributed by atoms with Crippen molar-refractivity contribution in [3.63, 3.8) is 0 Å². The zero-order valence-electron chi connectivity index (χ0n) is 17.4. The van der Waals surface area contributed by atoms with E-state index in [0.717, 1.165) is 29.7 Å². The van der Waals surface area contributed by atoms with E-state index in [1.807, 2.05) is 61.7 Å². The maximum atomic E-state index is 12.8. The van der Waals surface area contributed by atoms with Gasteiger partial charge in [-0.3, -0.25) is 9.59 Å². The van der Waals surface area contributed by atoms with Gasteiger partial charge in [0, 0.05) is 42.0 Å². The largest absolute Gasteiger partial charge is 0.352 e. The Kier molecular flexibility index (Phi) is 6.37. The van der Waals surface area contributed by atoms with E-state index < -0.39 is 0 Å². The van der Waals surface area contributed by atoms with E-state index >= 15 is 0 Å². The number of carbonyl (C=O) groups excluding carboxylic acids is 2. The van der Waals surface area contributed by atoms with Crippen LogP contribution in [0.15, 0.2) is 60.9 Å². The van der Waals surface area contributed by atoms with Crippen LogP contribution in [0.2, 0.25) is 5.02 Å². The number of aryl methyl sites for hydroxylation is 1. The molecule has 0 radical (unpaired) electrons. The van der Waals surface area contributed by atoms with Crippen molar-refractivity contribution in [1.82, 2.24) is 20.0 Å². The summed E-state index contributed by atoms with van der Waals surface area (Å²) in [6.45, 7) is 3.52. The minimum atomic E-state index is -0.200. The summed E-state index contributed by atoms with van der Waals surface area (Å²) in [5, 5.41) is 8.02. The number of amides is 2. The number of rotatable bonds is 5. The first-order valence-electron chi connectivity index (χ1n) is 10.4. The second-order valence-corrected chi connectivity index (χ2v) is 8.38. The second kappa shape index (κ2) is 9.35. The molecule has 1 aromatic heterocycles. The fourth-order valence-corrected chi connectivity index (χ4v) is 3.90. The number of halogens is 1. The van der Waals surface area contributed by atoms with Crippen molar-refractivity contribution in [3.05, 3.63) is 82.6 Å². The SMILES string of the molecule is Cc1ccc(C(=O)N2CCCC(C(=O)NCc3cnn(-c4ccc(Cl)cc4)c3)C2)cc1. The number of likely N-dealkylation sites (tertiary alicyclic amines) is 1. The Balaban J connectivity index is 1.33. The van der Waals surface area contributed by atoms with Crippen LogP contribution in [-0.2, 0) is 11.3 Å². The Labute approximate surface area is 186 Å². The highest BCUT2D eigenvalue weighted by Gasteiger charge is 2.28. The van der Waals surface area contributed by atoms with Gasteiger partial charge < -0.3 is 10.2 Å². The van der Waals surface area contributed by atoms with E-state index in [-0.39, 0.29) is 17.7 Å². The maximum absolute atomic E-state index is 12.8. The summed E-state index contributed by atoms with van der Waals surface area (Å²) >= 11 is 5.93. The molecule has 1 fully saturated rings. The van der Waals surface area contributed by atoms with E-state index in [1.54, 1.807) is 15.8 Å². The molecule has 0 aliphatic carbocycles. The lowest BCUT2D eigenvalue weighted by molar-refractivity contribution is -0.126. The second-order valence-electron chi connectivity index (χ2n) is 7.94. The van der Waals surface area contributed by atoms with Crippen LogP contribution >= 0.6 is 11.6 Å². The minimum Gasteiger partial charge on any atom is -0.352 e. The average molecular weight is 437 g/mol. The number of carbonyl (C=O) groups is 2. The van der Waals surface area contributed by atoms with Crippen LogP contribution in [0.5, 0.6) is 0 Å². The first kappa shape index (κ1) is 21.1. The summed E-state index contributed by atoms with van der Waals surface area (Å²) in [5.41, 5.74) is 3.60. The zero-order valence-corrected chi connectivity index (χ0v) is 18.2. The van der Waals surface area contributed by atoms with E-state index in [0.29, 0.717) is 30.2 Å². The molecule has 1 unspecified atom stereocenters. The standard InChI is InChI=1S/C24H25ClN4O2/c1-17-4-6-19(7-5-17)24(31)28-12-2-3-20(16-28)23(30)26-13-18-14-27-29(15-18)22-10-8-21(25)9-11-22/h4-11,14-15,20H,2-3,12-13,16H2,1H3,(H,26,30). The lowest BCUT2D eigenvalue weighted by Crippen LogP contribution is -2.45. The lowest BCUT2D eigenvalue weighted by atomic mass is 9.96. The number of piperidine rings is 1. The molecule has 7 heteroatoms. The number of nitrogens with one attached hydrogen (secondary N) is 1. The third-order valence-electron chi connectivity index (χ3n) is 5.57. The van der Waals surface area contributed by atoms with E-state index in [4.69, 9.17) is 11.6 Å². The topological polar surface area (TPSA) is 67.2 Å². The molecule has 2 amide bonds. The van der Waals surface area contributed by atoms with Crippen LogP contribution in [-0.4, -0.2) is 39.6 Å². The van der Waals surface area contributed by atoms with Crippen LogP contribution in [0.1, 0.15) is 34.3 Å². The summed E-state index contributed by atoms with van der Waals surface area (Å²) in [5.74, 6) is -0.239. The molecule has 1 atom stereocenters. The summed E-state index contributed by atoms with van der Waals surface area (Å²) in [6, 6.07) is 15.0. The van der Waals surface area contributed by atoms with Gasteiger partial charge in [-0.05, 0) is 56.2 Å².